The average Bonchev–Trinajstić information content (AvgIpc) is 2.08. The molecule has 0 unspecified atom stereocenters. The Kier molecular flexibility index (Phi) is 3.42. The molecule has 0 saturated heterocycles. The van der Waals surface area contributed by atoms with E-state index in [-0.39, 0.29) is 5.78 Å². The molecule has 0 aliphatic rings. The van der Waals surface area contributed by atoms with Gasteiger partial charge in [-0.2, -0.15) is 0 Å². The molecule has 0 aliphatic heterocycles. The van der Waals surface area contributed by atoms with Gasteiger partial charge in [0.15, 0.2) is 5.78 Å². The van der Waals surface area contributed by atoms with Crippen LogP contribution in [-0.4, -0.2) is 31.3 Å². The lowest BCUT2D eigenvalue weighted by molar-refractivity contribution is 0.0958. The standard InChI is InChI=1S/C12H17NO/c1-9-5-6-11(7-10(9)2)12(14)8-13(3)4/h5-7H,8H2,1-4H3. The summed E-state index contributed by atoms with van der Waals surface area (Å²) in [7, 11) is 3.80. The molecule has 0 aromatic heterocycles. The topological polar surface area (TPSA) is 20.3 Å². The van der Waals surface area contributed by atoms with Gasteiger partial charge in [0, 0.05) is 5.56 Å². The largest absolute Gasteiger partial charge is 0.302 e. The molecule has 0 atom stereocenters. The Labute approximate surface area is 85.5 Å². The number of benzene rings is 1. The van der Waals surface area contributed by atoms with Gasteiger partial charge in [-0.1, -0.05) is 12.1 Å². The summed E-state index contributed by atoms with van der Waals surface area (Å²) < 4.78 is 0. The van der Waals surface area contributed by atoms with E-state index < -0.39 is 0 Å². The van der Waals surface area contributed by atoms with Crippen LogP contribution in [0.2, 0.25) is 0 Å². The lowest BCUT2D eigenvalue weighted by Gasteiger charge is -2.09. The van der Waals surface area contributed by atoms with Crippen molar-refractivity contribution in [3.63, 3.8) is 0 Å². The number of hydrogen-bond donors (Lipinski definition) is 0. The van der Waals surface area contributed by atoms with Gasteiger partial charge in [0.2, 0.25) is 0 Å². The monoisotopic (exact) mass is 191 g/mol. The van der Waals surface area contributed by atoms with Crippen molar-refractivity contribution in [1.29, 1.82) is 0 Å². The summed E-state index contributed by atoms with van der Waals surface area (Å²) in [4.78, 5) is 13.6. The summed E-state index contributed by atoms with van der Waals surface area (Å²) in [5.41, 5.74) is 3.21. The van der Waals surface area contributed by atoms with Crippen LogP contribution in [0.15, 0.2) is 18.2 Å². The predicted octanol–water partition coefficient (Wildman–Crippen LogP) is 2.05. The second kappa shape index (κ2) is 4.38. The first-order valence-electron chi connectivity index (χ1n) is 4.76. The first-order valence-corrected chi connectivity index (χ1v) is 4.76. The van der Waals surface area contributed by atoms with E-state index in [1.54, 1.807) is 0 Å². The van der Waals surface area contributed by atoms with Crippen molar-refractivity contribution in [3.05, 3.63) is 34.9 Å². The number of Topliss-reactive ketones (excluding diaryl/α,β-unsaturated/α-hetero) is 1. The van der Waals surface area contributed by atoms with E-state index in [2.05, 4.69) is 6.92 Å². The highest BCUT2D eigenvalue weighted by Crippen LogP contribution is 2.10. The summed E-state index contributed by atoms with van der Waals surface area (Å²) in [5.74, 6) is 0.179. The molecule has 0 spiro atoms. The van der Waals surface area contributed by atoms with Crippen molar-refractivity contribution in [2.45, 2.75) is 13.8 Å². The molecule has 2 nitrogen and oxygen atoms in total. The van der Waals surface area contributed by atoms with Crippen molar-refractivity contribution in [2.24, 2.45) is 0 Å². The first-order chi connectivity index (χ1) is 6.50. The molecule has 1 aromatic carbocycles. The van der Waals surface area contributed by atoms with Crippen LogP contribution >= 0.6 is 0 Å². The smallest absolute Gasteiger partial charge is 0.176 e. The Morgan fingerprint density at radius 2 is 1.86 bits per heavy atom. The molecular formula is C12H17NO. The predicted molar refractivity (Wildman–Crippen MR) is 58.8 cm³/mol. The summed E-state index contributed by atoms with van der Waals surface area (Å²) in [6.45, 7) is 4.56. The van der Waals surface area contributed by atoms with E-state index in [0.717, 1.165) is 5.56 Å². The van der Waals surface area contributed by atoms with Crippen LogP contribution in [0.25, 0.3) is 0 Å². The van der Waals surface area contributed by atoms with E-state index in [1.807, 2.05) is 44.1 Å². The molecule has 0 amide bonds. The first kappa shape index (κ1) is 10.9. The quantitative estimate of drug-likeness (QED) is 0.681. The Bertz CT molecular complexity index is 342. The number of likely N-dealkylation sites (N-methyl/N-ethyl adjacent to an activating group) is 1. The molecule has 14 heavy (non-hydrogen) atoms. The third-order valence-electron chi connectivity index (χ3n) is 2.29. The maximum absolute atomic E-state index is 11.7. The Hall–Kier alpha value is -1.15. The van der Waals surface area contributed by atoms with E-state index in [4.69, 9.17) is 0 Å². The number of aryl methyl sites for hydroxylation is 2. The van der Waals surface area contributed by atoms with Gasteiger partial charge in [-0.15, -0.1) is 0 Å². The van der Waals surface area contributed by atoms with Crippen molar-refractivity contribution in [3.8, 4) is 0 Å². The lowest BCUT2D eigenvalue weighted by Crippen LogP contribution is -2.21. The summed E-state index contributed by atoms with van der Waals surface area (Å²) in [6, 6.07) is 5.85. The van der Waals surface area contributed by atoms with Crippen LogP contribution in [0.1, 0.15) is 21.5 Å². The number of ketones is 1. The molecule has 0 bridgehead atoms. The molecule has 2 heteroatoms. The number of rotatable bonds is 3. The van der Waals surface area contributed by atoms with Crippen LogP contribution in [0.4, 0.5) is 0 Å². The Balaban J connectivity index is 2.86. The van der Waals surface area contributed by atoms with Crippen molar-refractivity contribution < 1.29 is 4.79 Å². The minimum Gasteiger partial charge on any atom is -0.302 e. The van der Waals surface area contributed by atoms with Crippen LogP contribution in [0, 0.1) is 13.8 Å². The fourth-order valence-corrected chi connectivity index (χ4v) is 1.29. The molecule has 0 N–H and O–H groups in total. The normalized spacial score (nSPS) is 10.6. The third kappa shape index (κ3) is 2.67. The van der Waals surface area contributed by atoms with E-state index in [1.165, 1.54) is 11.1 Å². The van der Waals surface area contributed by atoms with E-state index >= 15 is 0 Å². The van der Waals surface area contributed by atoms with Crippen molar-refractivity contribution in [1.82, 2.24) is 4.90 Å². The molecule has 1 aromatic rings. The fraction of sp³-hybridized carbons (Fsp3) is 0.417. The van der Waals surface area contributed by atoms with Crippen molar-refractivity contribution in [2.75, 3.05) is 20.6 Å². The van der Waals surface area contributed by atoms with Gasteiger partial charge in [0.25, 0.3) is 0 Å². The lowest BCUT2D eigenvalue weighted by atomic mass is 10.0. The number of nitrogens with zero attached hydrogens (tertiary/aromatic N) is 1. The number of hydrogen-bond acceptors (Lipinski definition) is 2. The zero-order valence-corrected chi connectivity index (χ0v) is 9.29. The highest BCUT2D eigenvalue weighted by atomic mass is 16.1. The Morgan fingerprint density at radius 1 is 1.21 bits per heavy atom. The summed E-state index contributed by atoms with van der Waals surface area (Å²) in [5, 5.41) is 0. The number of carbonyl (C=O) groups is 1. The second-order valence-corrected chi connectivity index (χ2v) is 3.96. The van der Waals surface area contributed by atoms with Gasteiger partial charge in [-0.3, -0.25) is 4.79 Å². The molecule has 0 aliphatic carbocycles. The van der Waals surface area contributed by atoms with Gasteiger partial charge >= 0.3 is 0 Å². The van der Waals surface area contributed by atoms with E-state index in [0.29, 0.717) is 6.54 Å². The van der Waals surface area contributed by atoms with Crippen LogP contribution in [-0.2, 0) is 0 Å². The van der Waals surface area contributed by atoms with Gasteiger partial charge in [0.05, 0.1) is 6.54 Å². The van der Waals surface area contributed by atoms with Crippen LogP contribution < -0.4 is 0 Å². The second-order valence-electron chi connectivity index (χ2n) is 3.96. The highest BCUT2D eigenvalue weighted by Gasteiger charge is 2.07. The van der Waals surface area contributed by atoms with Gasteiger partial charge in [0.1, 0.15) is 0 Å². The fourth-order valence-electron chi connectivity index (χ4n) is 1.29. The van der Waals surface area contributed by atoms with E-state index in [9.17, 15) is 4.79 Å². The molecule has 76 valence electrons. The SMILES string of the molecule is Cc1ccc(C(=O)CN(C)C)cc1C. The maximum Gasteiger partial charge on any atom is 0.176 e. The summed E-state index contributed by atoms with van der Waals surface area (Å²) >= 11 is 0. The van der Waals surface area contributed by atoms with Gasteiger partial charge < -0.3 is 4.90 Å². The van der Waals surface area contributed by atoms with Crippen molar-refractivity contribution >= 4 is 5.78 Å². The number of carbonyl (C=O) groups excluding carboxylic acids is 1. The van der Waals surface area contributed by atoms with Crippen LogP contribution in [0.5, 0.6) is 0 Å². The average molecular weight is 191 g/mol. The third-order valence-corrected chi connectivity index (χ3v) is 2.29. The molecule has 0 saturated carbocycles. The van der Waals surface area contributed by atoms with Gasteiger partial charge in [-0.25, -0.2) is 0 Å². The minimum atomic E-state index is 0.179. The zero-order valence-electron chi connectivity index (χ0n) is 9.29. The molecule has 0 fully saturated rings. The zero-order chi connectivity index (χ0) is 10.7. The Morgan fingerprint density at radius 3 is 2.36 bits per heavy atom. The van der Waals surface area contributed by atoms with Gasteiger partial charge in [-0.05, 0) is 45.1 Å². The molecule has 0 radical (unpaired) electrons. The van der Waals surface area contributed by atoms with Crippen LogP contribution in [0.3, 0.4) is 0 Å². The molecule has 0 heterocycles. The highest BCUT2D eigenvalue weighted by molar-refractivity contribution is 5.97. The minimum absolute atomic E-state index is 0.179. The molecular weight excluding hydrogens is 174 g/mol. The maximum atomic E-state index is 11.7. The summed E-state index contributed by atoms with van der Waals surface area (Å²) in [6.07, 6.45) is 0. The molecule has 1 rings (SSSR count).